The Balaban J connectivity index is 0. The zero-order chi connectivity index (χ0) is 22.9. The summed E-state index contributed by atoms with van der Waals surface area (Å²) in [6.07, 6.45) is 2.44. The van der Waals surface area contributed by atoms with Crippen molar-refractivity contribution >= 4 is 0 Å². The highest BCUT2D eigenvalue weighted by molar-refractivity contribution is 5.20. The van der Waals surface area contributed by atoms with Gasteiger partial charge in [-0.15, -0.1) is 0 Å². The maximum absolute atomic E-state index is 2.56. The zero-order valence-electron chi connectivity index (χ0n) is 22.5. The SMILES string of the molecule is CC(C)(C)C=C(C(C)(C)C)C(C)(C)C.CC(C)(C)N(C(C)(C)C)C(C)(C)C. The monoisotopic (exact) mass is 381 g/mol. The fraction of sp³-hybridized carbons (Fsp3) is 0.923. The van der Waals surface area contributed by atoms with E-state index in [0.717, 1.165) is 0 Å². The van der Waals surface area contributed by atoms with Gasteiger partial charge in [0.05, 0.1) is 0 Å². The summed E-state index contributed by atoms with van der Waals surface area (Å²) in [5.41, 5.74) is 3.02. The largest absolute Gasteiger partial charge is 0.289 e. The molecule has 0 aliphatic carbocycles. The molecule has 27 heavy (non-hydrogen) atoms. The second-order valence-corrected chi connectivity index (χ2v) is 14.3. The summed E-state index contributed by atoms with van der Waals surface area (Å²) in [7, 11) is 0. The Kier molecular flexibility index (Phi) is 9.21. The van der Waals surface area contributed by atoms with Gasteiger partial charge < -0.3 is 0 Å². The fourth-order valence-corrected chi connectivity index (χ4v) is 5.01. The molecule has 1 nitrogen and oxygen atoms in total. The minimum absolute atomic E-state index is 0.219. The van der Waals surface area contributed by atoms with E-state index in [4.69, 9.17) is 0 Å². The van der Waals surface area contributed by atoms with Crippen molar-refractivity contribution in [3.63, 3.8) is 0 Å². The minimum Gasteiger partial charge on any atom is -0.289 e. The molecule has 0 aromatic carbocycles. The minimum atomic E-state index is 0.219. The average molecular weight is 382 g/mol. The van der Waals surface area contributed by atoms with Gasteiger partial charge in [0.25, 0.3) is 0 Å². The van der Waals surface area contributed by atoms with Crippen molar-refractivity contribution in [2.75, 3.05) is 0 Å². The molecule has 0 bridgehead atoms. The van der Waals surface area contributed by atoms with Crippen LogP contribution in [0.25, 0.3) is 0 Å². The molecule has 0 spiro atoms. The van der Waals surface area contributed by atoms with Crippen LogP contribution < -0.4 is 0 Å². The number of rotatable bonds is 0. The fourth-order valence-electron chi connectivity index (χ4n) is 5.01. The van der Waals surface area contributed by atoms with Crippen LogP contribution >= 0.6 is 0 Å². The molecule has 0 heterocycles. The highest BCUT2D eigenvalue weighted by Crippen LogP contribution is 2.41. The first-order valence-corrected chi connectivity index (χ1v) is 10.7. The number of allylic oxidation sites excluding steroid dienone is 2. The summed E-state index contributed by atoms with van der Waals surface area (Å²) in [6.45, 7) is 41.1. The topological polar surface area (TPSA) is 3.24 Å². The molecule has 0 radical (unpaired) electrons. The van der Waals surface area contributed by atoms with Gasteiger partial charge in [-0.3, -0.25) is 4.90 Å². The maximum Gasteiger partial charge on any atom is 0.0135 e. The molecule has 0 amide bonds. The standard InChI is InChI=1S/C14H28.C12H27N/c1-12(2,3)10-11(13(4,5)6)14(7,8)9;1-10(2,3)13(11(4,5)6)12(7,8)9/h10H,1-9H3;1-9H3. The molecule has 0 aromatic heterocycles. The van der Waals surface area contributed by atoms with E-state index in [1.54, 1.807) is 5.57 Å². The van der Waals surface area contributed by atoms with Crippen molar-refractivity contribution in [3.8, 4) is 0 Å². The Morgan fingerprint density at radius 2 is 0.667 bits per heavy atom. The van der Waals surface area contributed by atoms with Gasteiger partial charge >= 0.3 is 0 Å². The number of hydrogen-bond acceptors (Lipinski definition) is 1. The van der Waals surface area contributed by atoms with Crippen LogP contribution in [0.1, 0.15) is 125 Å². The Morgan fingerprint density at radius 1 is 0.444 bits per heavy atom. The van der Waals surface area contributed by atoms with Crippen molar-refractivity contribution in [2.24, 2.45) is 16.2 Å². The zero-order valence-corrected chi connectivity index (χ0v) is 22.5. The van der Waals surface area contributed by atoms with Crippen LogP contribution in [0.4, 0.5) is 0 Å². The molecule has 0 fully saturated rings. The second kappa shape index (κ2) is 8.60. The van der Waals surface area contributed by atoms with E-state index in [1.165, 1.54) is 0 Å². The van der Waals surface area contributed by atoms with Gasteiger partial charge in [-0.2, -0.15) is 0 Å². The van der Waals surface area contributed by atoms with Crippen LogP contribution in [-0.2, 0) is 0 Å². The molecule has 0 aromatic rings. The summed E-state index contributed by atoms with van der Waals surface area (Å²) >= 11 is 0. The van der Waals surface area contributed by atoms with Gasteiger partial charge in [-0.25, -0.2) is 0 Å². The van der Waals surface area contributed by atoms with Crippen LogP contribution in [0.2, 0.25) is 0 Å². The van der Waals surface area contributed by atoms with Crippen LogP contribution in [0.15, 0.2) is 11.6 Å². The number of hydrogen-bond donors (Lipinski definition) is 0. The molecular formula is C26H55N. The van der Waals surface area contributed by atoms with Gasteiger partial charge in [0, 0.05) is 16.6 Å². The predicted molar refractivity (Wildman–Crippen MR) is 128 cm³/mol. The Labute approximate surface area is 174 Å². The highest BCUT2D eigenvalue weighted by Gasteiger charge is 2.39. The third-order valence-corrected chi connectivity index (χ3v) is 4.21. The smallest absolute Gasteiger partial charge is 0.0135 e. The van der Waals surface area contributed by atoms with E-state index in [0.29, 0.717) is 0 Å². The maximum atomic E-state index is 2.56. The number of nitrogens with zero attached hydrogens (tertiary/aromatic N) is 1. The molecule has 0 rings (SSSR count). The Hall–Kier alpha value is -0.300. The molecule has 0 aliphatic rings. The predicted octanol–water partition coefficient (Wildman–Crippen LogP) is 8.74. The molecule has 164 valence electrons. The quantitative estimate of drug-likeness (QED) is 0.379. The van der Waals surface area contributed by atoms with Gasteiger partial charge in [0.1, 0.15) is 0 Å². The van der Waals surface area contributed by atoms with Crippen molar-refractivity contribution in [2.45, 2.75) is 141 Å². The summed E-state index contributed by atoms with van der Waals surface area (Å²) in [5, 5.41) is 0. The van der Waals surface area contributed by atoms with Crippen molar-refractivity contribution in [1.29, 1.82) is 0 Å². The lowest BCUT2D eigenvalue weighted by molar-refractivity contribution is -0.0402. The third kappa shape index (κ3) is 12.0. The first-order chi connectivity index (χ1) is 11.2. The van der Waals surface area contributed by atoms with E-state index in [1.807, 2.05) is 0 Å². The Bertz CT molecular complexity index is 416. The van der Waals surface area contributed by atoms with E-state index in [9.17, 15) is 0 Å². The van der Waals surface area contributed by atoms with Gasteiger partial charge in [0.15, 0.2) is 0 Å². The molecule has 0 saturated heterocycles. The molecule has 0 atom stereocenters. The van der Waals surface area contributed by atoms with E-state index in [-0.39, 0.29) is 32.9 Å². The van der Waals surface area contributed by atoms with Crippen molar-refractivity contribution < 1.29 is 0 Å². The molecule has 0 aliphatic heterocycles. The van der Waals surface area contributed by atoms with Crippen molar-refractivity contribution in [3.05, 3.63) is 11.6 Å². The van der Waals surface area contributed by atoms with Crippen LogP contribution in [-0.4, -0.2) is 21.5 Å². The molecule has 0 unspecified atom stereocenters. The lowest BCUT2D eigenvalue weighted by Crippen LogP contribution is -2.60. The van der Waals surface area contributed by atoms with E-state index in [2.05, 4.69) is 136 Å². The summed E-state index contributed by atoms with van der Waals surface area (Å²) in [6, 6.07) is 0. The first-order valence-electron chi connectivity index (χ1n) is 10.7. The summed E-state index contributed by atoms with van der Waals surface area (Å²) < 4.78 is 0. The summed E-state index contributed by atoms with van der Waals surface area (Å²) in [4.78, 5) is 2.56. The van der Waals surface area contributed by atoms with Crippen LogP contribution in [0.3, 0.4) is 0 Å². The molecule has 0 N–H and O–H groups in total. The Morgan fingerprint density at radius 3 is 0.704 bits per heavy atom. The second-order valence-electron chi connectivity index (χ2n) is 14.3. The lowest BCUT2D eigenvalue weighted by atomic mass is 9.69. The molecular weight excluding hydrogens is 326 g/mol. The molecule has 0 saturated carbocycles. The van der Waals surface area contributed by atoms with Crippen LogP contribution in [0, 0.1) is 16.2 Å². The lowest BCUT2D eigenvalue weighted by Gasteiger charge is -2.53. The normalized spacial score (nSPS) is 14.6. The van der Waals surface area contributed by atoms with Gasteiger partial charge in [-0.05, 0) is 78.6 Å². The van der Waals surface area contributed by atoms with Gasteiger partial charge in [-0.1, -0.05) is 74.0 Å². The third-order valence-electron chi connectivity index (χ3n) is 4.21. The van der Waals surface area contributed by atoms with Gasteiger partial charge in [0.2, 0.25) is 0 Å². The molecule has 1 heteroatoms. The summed E-state index contributed by atoms with van der Waals surface area (Å²) in [5.74, 6) is 0. The van der Waals surface area contributed by atoms with Crippen LogP contribution in [0.5, 0.6) is 0 Å². The average Bonchev–Trinajstić information content (AvgIpc) is 2.14. The van der Waals surface area contributed by atoms with E-state index < -0.39 is 0 Å². The highest BCUT2D eigenvalue weighted by atomic mass is 15.3. The van der Waals surface area contributed by atoms with Crippen molar-refractivity contribution in [1.82, 2.24) is 4.90 Å². The van der Waals surface area contributed by atoms with E-state index >= 15 is 0 Å². The first kappa shape index (κ1) is 28.9.